The molecule has 0 radical (unpaired) electrons. The second-order valence-electron chi connectivity index (χ2n) is 10.2. The first-order valence-corrected chi connectivity index (χ1v) is 14.7. The molecule has 2 aromatic carbocycles. The summed E-state index contributed by atoms with van der Waals surface area (Å²) in [7, 11) is 0. The molecule has 0 fully saturated rings. The Morgan fingerprint density at radius 1 is 0.590 bits per heavy atom. The molecule has 0 aliphatic carbocycles. The maximum absolute atomic E-state index is 11.1. The molecule has 0 saturated carbocycles. The van der Waals surface area contributed by atoms with E-state index < -0.39 is 21.2 Å². The van der Waals surface area contributed by atoms with Crippen LogP contribution in [0.3, 0.4) is 0 Å². The lowest BCUT2D eigenvalue weighted by molar-refractivity contribution is -0.422. The summed E-state index contributed by atoms with van der Waals surface area (Å²) in [5.74, 6) is 0. The molecule has 0 aliphatic rings. The first kappa shape index (κ1) is 31.9. The molecule has 0 amide bonds. The molecule has 39 heavy (non-hydrogen) atoms. The average Bonchev–Trinajstić information content (AvgIpc) is 2.94. The van der Waals surface area contributed by atoms with Gasteiger partial charge >= 0.3 is 11.4 Å². The zero-order chi connectivity index (χ0) is 28.1. The van der Waals surface area contributed by atoms with E-state index in [0.29, 0.717) is 5.69 Å². The monoisotopic (exact) mass is 539 g/mol. The Kier molecular flexibility index (Phi) is 16.1. The Labute approximate surface area is 232 Å². The van der Waals surface area contributed by atoms with Crippen LogP contribution in [-0.2, 0) is 0 Å². The van der Waals surface area contributed by atoms with Crippen LogP contribution in [0.5, 0.6) is 0 Å². The summed E-state index contributed by atoms with van der Waals surface area (Å²) in [4.78, 5) is 20.4. The van der Waals surface area contributed by atoms with Crippen LogP contribution in [0, 0.1) is 20.2 Å². The van der Waals surface area contributed by atoms with E-state index >= 15 is 0 Å². The van der Waals surface area contributed by atoms with E-state index in [0.717, 1.165) is 30.8 Å². The third kappa shape index (κ3) is 13.8. The van der Waals surface area contributed by atoms with Crippen molar-refractivity contribution in [3.05, 3.63) is 62.7 Å². The van der Waals surface area contributed by atoms with Gasteiger partial charge in [-0.3, -0.25) is 20.2 Å². The maximum Gasteiger partial charge on any atom is 0.348 e. The highest BCUT2D eigenvalue weighted by atomic mass is 16.6. The molecule has 0 atom stereocenters. The van der Waals surface area contributed by atoms with Crippen LogP contribution in [0.15, 0.2) is 52.7 Å². The molecule has 0 aliphatic heterocycles. The third-order valence-corrected chi connectivity index (χ3v) is 6.86. The normalized spacial score (nSPS) is 11.2. The van der Waals surface area contributed by atoms with Gasteiger partial charge in [0.1, 0.15) is 0 Å². The highest BCUT2D eigenvalue weighted by Gasteiger charge is 2.24. The summed E-state index contributed by atoms with van der Waals surface area (Å²) < 4.78 is 0. The summed E-state index contributed by atoms with van der Waals surface area (Å²) in [6.07, 6.45) is 21.8. The van der Waals surface area contributed by atoms with Crippen LogP contribution in [0.4, 0.5) is 28.4 Å². The Balaban J connectivity index is 1.52. The van der Waals surface area contributed by atoms with Crippen LogP contribution in [-0.4, -0.2) is 16.4 Å². The molecule has 0 spiro atoms. The Bertz CT molecular complexity index is 1010. The SMILES string of the molecule is CCCCCCCCCCCCCCCCCCNc1ccc(/N=N/c2ccc([N+](=O)[O-])c([N+](=O)[O-])c2)cc1. The van der Waals surface area contributed by atoms with Crippen LogP contribution >= 0.6 is 0 Å². The predicted molar refractivity (Wildman–Crippen MR) is 158 cm³/mol. The van der Waals surface area contributed by atoms with Crippen molar-refractivity contribution in [1.29, 1.82) is 0 Å². The van der Waals surface area contributed by atoms with Crippen LogP contribution in [0.25, 0.3) is 0 Å². The Hall–Kier alpha value is -3.36. The number of azo groups is 1. The minimum absolute atomic E-state index is 0.179. The molecule has 2 aromatic rings. The topological polar surface area (TPSA) is 123 Å². The second kappa shape index (κ2) is 19.7. The van der Waals surface area contributed by atoms with E-state index in [1.165, 1.54) is 102 Å². The van der Waals surface area contributed by atoms with Crippen molar-refractivity contribution in [2.45, 2.75) is 110 Å². The van der Waals surface area contributed by atoms with Crippen LogP contribution in [0.2, 0.25) is 0 Å². The predicted octanol–water partition coefficient (Wildman–Crippen LogP) is 10.6. The number of nitro benzene ring substituents is 2. The molecule has 0 saturated heterocycles. The molecular formula is C30H45N5O4. The highest BCUT2D eigenvalue weighted by molar-refractivity contribution is 5.60. The molecule has 0 unspecified atom stereocenters. The van der Waals surface area contributed by atoms with Crippen molar-refractivity contribution in [3.8, 4) is 0 Å². The first-order chi connectivity index (χ1) is 19.0. The summed E-state index contributed by atoms with van der Waals surface area (Å²) in [6, 6.07) is 10.9. The lowest BCUT2D eigenvalue weighted by Crippen LogP contribution is -2.00. The van der Waals surface area contributed by atoms with Gasteiger partial charge in [0.05, 0.1) is 27.3 Å². The van der Waals surface area contributed by atoms with Gasteiger partial charge in [-0.25, -0.2) is 0 Å². The van der Waals surface area contributed by atoms with Gasteiger partial charge in [-0.1, -0.05) is 103 Å². The van der Waals surface area contributed by atoms with E-state index in [-0.39, 0.29) is 5.69 Å². The lowest BCUT2D eigenvalue weighted by Gasteiger charge is -2.07. The lowest BCUT2D eigenvalue weighted by atomic mass is 10.0. The van der Waals surface area contributed by atoms with Gasteiger partial charge in [-0.2, -0.15) is 10.2 Å². The third-order valence-electron chi connectivity index (χ3n) is 6.86. The fraction of sp³-hybridized carbons (Fsp3) is 0.600. The fourth-order valence-corrected chi connectivity index (χ4v) is 4.54. The molecule has 2 rings (SSSR count). The summed E-state index contributed by atoms with van der Waals surface area (Å²) in [5, 5.41) is 33.5. The van der Waals surface area contributed by atoms with E-state index in [1.54, 1.807) is 12.1 Å². The Morgan fingerprint density at radius 2 is 1.03 bits per heavy atom. The standard InChI is InChI=1S/C30H45N5O4/c1-2-3-4-5-6-7-8-9-10-11-12-13-14-15-16-17-24-31-26-18-20-27(21-19-26)32-33-28-22-23-29(34(36)37)30(25-28)35(38)39/h18-23,25,31H,2-17,24H2,1H3/b33-32+. The number of nitrogens with one attached hydrogen (secondary N) is 1. The van der Waals surface area contributed by atoms with Gasteiger partial charge in [-0.15, -0.1) is 0 Å². The van der Waals surface area contributed by atoms with Crippen molar-refractivity contribution in [2.24, 2.45) is 10.2 Å². The number of nitrogens with zero attached hydrogens (tertiary/aromatic N) is 4. The number of unbranched alkanes of at least 4 members (excludes halogenated alkanes) is 15. The van der Waals surface area contributed by atoms with Crippen molar-refractivity contribution >= 4 is 28.4 Å². The largest absolute Gasteiger partial charge is 0.385 e. The molecule has 0 bridgehead atoms. The number of anilines is 1. The minimum Gasteiger partial charge on any atom is -0.385 e. The van der Waals surface area contributed by atoms with Gasteiger partial charge in [0.15, 0.2) is 0 Å². The van der Waals surface area contributed by atoms with Gasteiger partial charge in [0, 0.05) is 18.3 Å². The highest BCUT2D eigenvalue weighted by Crippen LogP contribution is 2.31. The summed E-state index contributed by atoms with van der Waals surface area (Å²) in [6.45, 7) is 3.19. The van der Waals surface area contributed by atoms with Crippen LogP contribution < -0.4 is 5.32 Å². The number of rotatable bonds is 22. The van der Waals surface area contributed by atoms with Crippen molar-refractivity contribution in [1.82, 2.24) is 0 Å². The van der Waals surface area contributed by atoms with Crippen molar-refractivity contribution < 1.29 is 9.85 Å². The summed E-state index contributed by atoms with van der Waals surface area (Å²) >= 11 is 0. The zero-order valence-electron chi connectivity index (χ0n) is 23.5. The molecular weight excluding hydrogens is 494 g/mol. The minimum atomic E-state index is -0.795. The molecule has 0 aromatic heterocycles. The van der Waals surface area contributed by atoms with E-state index in [1.807, 2.05) is 12.1 Å². The number of hydrogen-bond acceptors (Lipinski definition) is 7. The molecule has 0 heterocycles. The zero-order valence-corrected chi connectivity index (χ0v) is 23.5. The van der Waals surface area contributed by atoms with E-state index in [9.17, 15) is 20.2 Å². The van der Waals surface area contributed by atoms with Crippen molar-refractivity contribution in [3.63, 3.8) is 0 Å². The smallest absolute Gasteiger partial charge is 0.348 e. The quantitative estimate of drug-likeness (QED) is 0.0689. The number of nitro groups is 2. The molecule has 1 N–H and O–H groups in total. The van der Waals surface area contributed by atoms with E-state index in [4.69, 9.17) is 0 Å². The summed E-state index contributed by atoms with van der Waals surface area (Å²) in [5.41, 5.74) is 0.589. The second-order valence-corrected chi connectivity index (χ2v) is 10.2. The Morgan fingerprint density at radius 3 is 1.51 bits per heavy atom. The molecule has 214 valence electrons. The van der Waals surface area contributed by atoms with Gasteiger partial charge in [0.25, 0.3) is 0 Å². The van der Waals surface area contributed by atoms with Gasteiger partial charge in [0.2, 0.25) is 0 Å². The first-order valence-electron chi connectivity index (χ1n) is 14.7. The van der Waals surface area contributed by atoms with Crippen LogP contribution in [0.1, 0.15) is 110 Å². The maximum atomic E-state index is 11.1. The number of hydrogen-bond donors (Lipinski definition) is 1. The van der Waals surface area contributed by atoms with Crippen molar-refractivity contribution in [2.75, 3.05) is 11.9 Å². The van der Waals surface area contributed by atoms with Gasteiger partial charge < -0.3 is 5.32 Å². The molecule has 9 heteroatoms. The number of benzene rings is 2. The van der Waals surface area contributed by atoms with E-state index in [2.05, 4.69) is 22.5 Å². The van der Waals surface area contributed by atoms with Gasteiger partial charge in [-0.05, 0) is 36.8 Å². The fourth-order valence-electron chi connectivity index (χ4n) is 4.54. The average molecular weight is 540 g/mol. The molecule has 9 nitrogen and oxygen atoms in total.